The van der Waals surface area contributed by atoms with Gasteiger partial charge in [0.2, 0.25) is 0 Å². The highest BCUT2D eigenvalue weighted by atomic mass is 16.5. The zero-order valence-electron chi connectivity index (χ0n) is 18.2. The van der Waals surface area contributed by atoms with Crippen molar-refractivity contribution in [1.29, 1.82) is 0 Å². The van der Waals surface area contributed by atoms with E-state index in [2.05, 4.69) is 18.9 Å². The molecule has 0 amide bonds. The van der Waals surface area contributed by atoms with E-state index in [0.717, 1.165) is 37.3 Å². The second kappa shape index (κ2) is 6.70. The first kappa shape index (κ1) is 19.4. The number of nitrogens with zero attached hydrogens (tertiary/aromatic N) is 1. The van der Waals surface area contributed by atoms with Crippen LogP contribution >= 0.6 is 0 Å². The number of ether oxygens (including phenoxy) is 2. The molecule has 0 spiro atoms. The minimum Gasteiger partial charge on any atom is -0.462 e. The van der Waals surface area contributed by atoms with Crippen LogP contribution in [0.25, 0.3) is 0 Å². The van der Waals surface area contributed by atoms with Gasteiger partial charge in [-0.05, 0) is 76.2 Å². The van der Waals surface area contributed by atoms with Gasteiger partial charge in [0.05, 0.1) is 12.2 Å². The third-order valence-electron chi connectivity index (χ3n) is 10.0. The third kappa shape index (κ3) is 2.59. The largest absolute Gasteiger partial charge is 0.462 e. The highest BCUT2D eigenvalue weighted by Crippen LogP contribution is 2.68. The van der Waals surface area contributed by atoms with Gasteiger partial charge in [-0.1, -0.05) is 19.8 Å². The Morgan fingerprint density at radius 1 is 1.04 bits per heavy atom. The molecule has 4 heteroatoms. The summed E-state index contributed by atoms with van der Waals surface area (Å²) in [5.74, 6) is 2.21. The van der Waals surface area contributed by atoms with Crippen LogP contribution in [0.3, 0.4) is 0 Å². The quantitative estimate of drug-likeness (QED) is 0.623. The van der Waals surface area contributed by atoms with E-state index < -0.39 is 0 Å². The minimum atomic E-state index is -0.0960. The predicted octanol–water partition coefficient (Wildman–Crippen LogP) is 4.42. The number of hydrogen-bond acceptors (Lipinski definition) is 4. The van der Waals surface area contributed by atoms with Gasteiger partial charge in [0, 0.05) is 30.8 Å². The highest BCUT2D eigenvalue weighted by molar-refractivity contribution is 5.66. The van der Waals surface area contributed by atoms with Crippen LogP contribution in [-0.2, 0) is 14.3 Å². The van der Waals surface area contributed by atoms with Gasteiger partial charge in [0.1, 0.15) is 6.10 Å². The lowest BCUT2D eigenvalue weighted by Gasteiger charge is -2.65. The van der Waals surface area contributed by atoms with Crippen molar-refractivity contribution in [2.45, 2.75) is 89.8 Å². The fourth-order valence-corrected chi connectivity index (χ4v) is 8.93. The fraction of sp³-hybridized carbons (Fsp3) is 0.958. The van der Waals surface area contributed by atoms with Crippen molar-refractivity contribution in [1.82, 2.24) is 4.90 Å². The van der Waals surface area contributed by atoms with Gasteiger partial charge in [0.25, 0.3) is 0 Å². The molecule has 0 aromatic rings. The average molecular weight is 390 g/mol. The van der Waals surface area contributed by atoms with Crippen LogP contribution in [0.2, 0.25) is 0 Å². The van der Waals surface area contributed by atoms with Crippen molar-refractivity contribution in [3.8, 4) is 0 Å². The maximum absolute atomic E-state index is 11.7. The summed E-state index contributed by atoms with van der Waals surface area (Å²) in [5, 5.41) is 0. The summed E-state index contributed by atoms with van der Waals surface area (Å²) in [5.41, 5.74) is 0.675. The first-order chi connectivity index (χ1) is 13.4. The van der Waals surface area contributed by atoms with E-state index >= 15 is 0 Å². The van der Waals surface area contributed by atoms with E-state index in [1.165, 1.54) is 64.3 Å². The summed E-state index contributed by atoms with van der Waals surface area (Å²) in [6.45, 7) is 7.23. The second-order valence-electron chi connectivity index (χ2n) is 11.1. The van der Waals surface area contributed by atoms with E-state index in [1.54, 1.807) is 6.92 Å². The molecule has 7 unspecified atom stereocenters. The van der Waals surface area contributed by atoms with Crippen molar-refractivity contribution < 1.29 is 14.3 Å². The van der Waals surface area contributed by atoms with Crippen LogP contribution in [0.5, 0.6) is 0 Å². The zero-order chi connectivity index (χ0) is 19.6. The van der Waals surface area contributed by atoms with E-state index in [4.69, 9.17) is 9.47 Å². The van der Waals surface area contributed by atoms with Gasteiger partial charge in [0.15, 0.2) is 0 Å². The van der Waals surface area contributed by atoms with Crippen molar-refractivity contribution in [3.63, 3.8) is 0 Å². The maximum atomic E-state index is 11.7. The topological polar surface area (TPSA) is 38.8 Å². The molecule has 7 atom stereocenters. The molecule has 0 N–H and O–H groups in total. The van der Waals surface area contributed by atoms with E-state index in [-0.39, 0.29) is 23.1 Å². The van der Waals surface area contributed by atoms with Gasteiger partial charge in [-0.25, -0.2) is 0 Å². The lowest BCUT2D eigenvalue weighted by Crippen LogP contribution is -2.65. The molecule has 4 saturated carbocycles. The Kier molecular flexibility index (Phi) is 4.63. The number of hydrogen-bond donors (Lipinski definition) is 0. The smallest absolute Gasteiger partial charge is 0.302 e. The Balaban J connectivity index is 1.49. The fourth-order valence-electron chi connectivity index (χ4n) is 8.93. The van der Waals surface area contributed by atoms with Crippen LogP contribution < -0.4 is 0 Å². The third-order valence-corrected chi connectivity index (χ3v) is 10.0. The Morgan fingerprint density at radius 3 is 2.68 bits per heavy atom. The van der Waals surface area contributed by atoms with Gasteiger partial charge < -0.3 is 14.4 Å². The molecule has 0 aromatic carbocycles. The minimum absolute atomic E-state index is 0.0960. The monoisotopic (exact) mass is 389 g/mol. The van der Waals surface area contributed by atoms with Gasteiger partial charge in [-0.3, -0.25) is 4.79 Å². The predicted molar refractivity (Wildman–Crippen MR) is 109 cm³/mol. The Labute approximate surface area is 170 Å². The van der Waals surface area contributed by atoms with Crippen molar-refractivity contribution in [2.75, 3.05) is 26.7 Å². The van der Waals surface area contributed by atoms with Gasteiger partial charge >= 0.3 is 5.97 Å². The molecule has 0 bridgehead atoms. The van der Waals surface area contributed by atoms with Crippen molar-refractivity contribution in [3.05, 3.63) is 0 Å². The lowest BCUT2D eigenvalue weighted by atomic mass is 9.43. The molecule has 0 aromatic heterocycles. The number of carbonyl (C=O) groups is 1. The highest BCUT2D eigenvalue weighted by Gasteiger charge is 2.67. The maximum Gasteiger partial charge on any atom is 0.302 e. The average Bonchev–Trinajstić information content (AvgIpc) is 2.88. The van der Waals surface area contributed by atoms with Crippen molar-refractivity contribution in [2.24, 2.45) is 28.6 Å². The van der Waals surface area contributed by atoms with Crippen LogP contribution in [0.4, 0.5) is 0 Å². The molecule has 0 radical (unpaired) electrons. The summed E-state index contributed by atoms with van der Waals surface area (Å²) in [7, 11) is 2.31. The molecule has 158 valence electrons. The molecule has 4 nitrogen and oxygen atoms in total. The Morgan fingerprint density at radius 2 is 1.86 bits per heavy atom. The number of esters is 1. The molecule has 5 aliphatic rings. The van der Waals surface area contributed by atoms with E-state index in [1.807, 2.05) is 0 Å². The molecular formula is C24H39NO3. The Bertz CT molecular complexity index is 637. The van der Waals surface area contributed by atoms with Gasteiger partial charge in [-0.15, -0.1) is 0 Å². The van der Waals surface area contributed by atoms with Crippen LogP contribution in [0, 0.1) is 28.6 Å². The van der Waals surface area contributed by atoms with Crippen LogP contribution in [0.1, 0.15) is 78.1 Å². The van der Waals surface area contributed by atoms with Crippen LogP contribution in [0.15, 0.2) is 0 Å². The molecule has 1 saturated heterocycles. The number of fused-ring (bicyclic) bond motifs is 3. The second-order valence-corrected chi connectivity index (χ2v) is 11.1. The first-order valence-electron chi connectivity index (χ1n) is 11.9. The van der Waals surface area contributed by atoms with Crippen LogP contribution in [-0.4, -0.2) is 49.3 Å². The lowest BCUT2D eigenvalue weighted by molar-refractivity contribution is -0.229. The normalized spacial score (nSPS) is 51.2. The first-order valence-corrected chi connectivity index (χ1v) is 11.9. The molecule has 4 aliphatic carbocycles. The number of carbonyl (C=O) groups excluding carboxylic acids is 1. The summed E-state index contributed by atoms with van der Waals surface area (Å²) in [6, 6.07) is 0. The summed E-state index contributed by atoms with van der Waals surface area (Å²) >= 11 is 0. The molecular weight excluding hydrogens is 350 g/mol. The zero-order valence-corrected chi connectivity index (χ0v) is 18.2. The summed E-state index contributed by atoms with van der Waals surface area (Å²) in [6.07, 6.45) is 12.9. The molecule has 1 aliphatic heterocycles. The van der Waals surface area contributed by atoms with E-state index in [0.29, 0.717) is 5.41 Å². The standard InChI is InChI=1S/C24H39NO3/c1-17(26)28-21-7-6-19-18-8-13-24-11-5-4-10-23(24,16-25(3)14-15-27-24)20(18)9-12-22(19,21)2/h18-21H,4-16H2,1-3H3. The molecule has 28 heavy (non-hydrogen) atoms. The van der Waals surface area contributed by atoms with Gasteiger partial charge in [-0.2, -0.15) is 0 Å². The molecule has 5 rings (SSSR count). The Hall–Kier alpha value is -0.610. The molecule has 1 heterocycles. The van der Waals surface area contributed by atoms with E-state index in [9.17, 15) is 4.79 Å². The number of rotatable bonds is 1. The number of likely N-dealkylation sites (N-methyl/N-ethyl adjacent to an activating group) is 1. The van der Waals surface area contributed by atoms with Crippen molar-refractivity contribution >= 4 is 5.97 Å². The molecule has 5 fully saturated rings. The SMILES string of the molecule is CC(=O)OC1CCC2C3CCC45CCCCC4(CN(C)CCO5)C3CCC12C. The summed E-state index contributed by atoms with van der Waals surface area (Å²) in [4.78, 5) is 14.3. The summed E-state index contributed by atoms with van der Waals surface area (Å²) < 4.78 is 12.6.